The SMILES string of the molecule is O=C1Cc2ccccc2C(P(O)O)=[NH+]1. The Kier molecular flexibility index (Phi) is 2.42. The molecule has 0 saturated carbocycles. The maximum atomic E-state index is 11.2. The van der Waals surface area contributed by atoms with E-state index in [-0.39, 0.29) is 11.4 Å². The molecular weight excluding hydrogens is 201 g/mol. The van der Waals surface area contributed by atoms with Gasteiger partial charge in [-0.15, -0.1) is 0 Å². The smallest absolute Gasteiger partial charge is 0.342 e. The lowest BCUT2D eigenvalue weighted by molar-refractivity contribution is -0.375. The summed E-state index contributed by atoms with van der Waals surface area (Å²) in [7, 11) is -2.25. The van der Waals surface area contributed by atoms with Crippen molar-refractivity contribution in [3.63, 3.8) is 0 Å². The molecule has 0 radical (unpaired) electrons. The first-order valence-corrected chi connectivity index (χ1v) is 5.36. The van der Waals surface area contributed by atoms with Gasteiger partial charge in [-0.1, -0.05) is 18.2 Å². The fourth-order valence-electron chi connectivity index (χ4n) is 1.48. The fourth-order valence-corrected chi connectivity index (χ4v) is 2.14. The molecular formula is C9H9NO3P+. The number of carbonyl (C=O) groups is 1. The summed E-state index contributed by atoms with van der Waals surface area (Å²) in [6.07, 6.45) is 0.294. The maximum Gasteiger partial charge on any atom is 0.390 e. The Labute approximate surface area is 81.8 Å². The molecule has 0 saturated heterocycles. The highest BCUT2D eigenvalue weighted by molar-refractivity contribution is 7.65. The second kappa shape index (κ2) is 3.58. The number of carbonyl (C=O) groups excluding carboxylic acids is 1. The van der Waals surface area contributed by atoms with Crippen molar-refractivity contribution in [3.8, 4) is 0 Å². The normalized spacial score (nSPS) is 15.4. The van der Waals surface area contributed by atoms with Crippen LogP contribution in [0.2, 0.25) is 0 Å². The Morgan fingerprint density at radius 1 is 1.29 bits per heavy atom. The molecule has 1 aliphatic rings. The molecule has 0 fully saturated rings. The summed E-state index contributed by atoms with van der Waals surface area (Å²) in [6.45, 7) is 0. The van der Waals surface area contributed by atoms with Crippen molar-refractivity contribution in [1.82, 2.24) is 0 Å². The van der Waals surface area contributed by atoms with Crippen LogP contribution in [0.1, 0.15) is 11.1 Å². The molecule has 4 nitrogen and oxygen atoms in total. The van der Waals surface area contributed by atoms with Crippen molar-refractivity contribution in [3.05, 3.63) is 35.4 Å². The quantitative estimate of drug-likeness (QED) is 0.515. The van der Waals surface area contributed by atoms with E-state index in [9.17, 15) is 4.79 Å². The van der Waals surface area contributed by atoms with E-state index < -0.39 is 8.38 Å². The lowest BCUT2D eigenvalue weighted by Crippen LogP contribution is -2.79. The zero-order valence-corrected chi connectivity index (χ0v) is 8.16. The summed E-state index contributed by atoms with van der Waals surface area (Å²) < 4.78 is 0. The Balaban J connectivity index is 2.55. The third kappa shape index (κ3) is 1.60. The molecule has 3 N–H and O–H groups in total. The molecule has 72 valence electrons. The van der Waals surface area contributed by atoms with Crippen LogP contribution in [-0.2, 0) is 11.2 Å². The van der Waals surface area contributed by atoms with Crippen molar-refractivity contribution in [1.29, 1.82) is 0 Å². The molecule has 1 aliphatic heterocycles. The number of benzene rings is 1. The van der Waals surface area contributed by atoms with Gasteiger partial charge in [-0.3, -0.25) is 0 Å². The van der Waals surface area contributed by atoms with Crippen molar-refractivity contribution >= 4 is 19.7 Å². The first-order valence-electron chi connectivity index (χ1n) is 4.11. The zero-order chi connectivity index (χ0) is 10.1. The van der Waals surface area contributed by atoms with Crippen LogP contribution in [0.5, 0.6) is 0 Å². The number of hydrogen-bond acceptors (Lipinski definition) is 3. The minimum Gasteiger partial charge on any atom is -0.342 e. The predicted octanol–water partition coefficient (Wildman–Crippen LogP) is -1.11. The van der Waals surface area contributed by atoms with E-state index in [1.807, 2.05) is 12.1 Å². The summed E-state index contributed by atoms with van der Waals surface area (Å²) in [5.41, 5.74) is 1.79. The van der Waals surface area contributed by atoms with Gasteiger partial charge in [0, 0.05) is 0 Å². The van der Waals surface area contributed by atoms with E-state index in [1.54, 1.807) is 12.1 Å². The van der Waals surface area contributed by atoms with E-state index in [1.165, 1.54) is 0 Å². The number of nitrogens with one attached hydrogen (secondary N) is 1. The van der Waals surface area contributed by atoms with E-state index in [0.29, 0.717) is 6.42 Å². The second-order valence-electron chi connectivity index (χ2n) is 3.02. The topological polar surface area (TPSA) is 71.5 Å². The van der Waals surface area contributed by atoms with Crippen LogP contribution in [0.4, 0.5) is 0 Å². The van der Waals surface area contributed by atoms with Crippen LogP contribution >= 0.6 is 8.38 Å². The van der Waals surface area contributed by atoms with Gasteiger partial charge in [-0.2, -0.15) is 4.99 Å². The Morgan fingerprint density at radius 3 is 2.71 bits per heavy atom. The molecule has 5 heteroatoms. The average Bonchev–Trinajstić information content (AvgIpc) is 2.16. The third-order valence-electron chi connectivity index (χ3n) is 2.08. The Bertz CT molecular complexity index is 414. The minimum absolute atomic E-state index is 0.200. The maximum absolute atomic E-state index is 11.2. The van der Waals surface area contributed by atoms with Crippen LogP contribution in [-0.4, -0.2) is 21.1 Å². The molecule has 0 aromatic heterocycles. The Morgan fingerprint density at radius 2 is 2.00 bits per heavy atom. The van der Waals surface area contributed by atoms with Crippen molar-refractivity contribution < 1.29 is 19.6 Å². The molecule has 1 aromatic rings. The first kappa shape index (κ1) is 9.46. The van der Waals surface area contributed by atoms with Crippen molar-refractivity contribution in [2.24, 2.45) is 0 Å². The molecule has 14 heavy (non-hydrogen) atoms. The molecule has 0 unspecified atom stereocenters. The summed E-state index contributed by atoms with van der Waals surface area (Å²) >= 11 is 0. The van der Waals surface area contributed by atoms with Gasteiger partial charge < -0.3 is 9.79 Å². The molecule has 1 amide bonds. The summed E-state index contributed by atoms with van der Waals surface area (Å²) in [5, 5.41) is 0. The fraction of sp³-hybridized carbons (Fsp3) is 0.111. The molecule has 0 atom stereocenters. The van der Waals surface area contributed by atoms with Crippen LogP contribution in [0.15, 0.2) is 24.3 Å². The van der Waals surface area contributed by atoms with Crippen LogP contribution in [0, 0.1) is 0 Å². The third-order valence-corrected chi connectivity index (χ3v) is 2.83. The van der Waals surface area contributed by atoms with Gasteiger partial charge in [0.05, 0.1) is 12.0 Å². The van der Waals surface area contributed by atoms with Crippen molar-refractivity contribution in [2.75, 3.05) is 0 Å². The minimum atomic E-state index is -2.25. The zero-order valence-electron chi connectivity index (χ0n) is 7.27. The largest absolute Gasteiger partial charge is 0.390 e. The average molecular weight is 210 g/mol. The molecule has 0 spiro atoms. The van der Waals surface area contributed by atoms with Gasteiger partial charge in [0.1, 0.15) is 0 Å². The standard InChI is InChI=1S/C9H8NO3P/c11-8-5-6-3-1-2-4-7(6)9(10-8)14(12)13/h1-4,12-13H,5H2/p+1. The number of hydrogen-bond donors (Lipinski definition) is 3. The lowest BCUT2D eigenvalue weighted by Gasteiger charge is -2.10. The summed E-state index contributed by atoms with van der Waals surface area (Å²) in [6, 6.07) is 7.21. The number of fused-ring (bicyclic) bond motifs is 1. The highest BCUT2D eigenvalue weighted by atomic mass is 31.2. The molecule has 2 rings (SSSR count). The van der Waals surface area contributed by atoms with E-state index in [4.69, 9.17) is 9.79 Å². The molecule has 0 aliphatic carbocycles. The summed E-state index contributed by atoms with van der Waals surface area (Å²) in [4.78, 5) is 31.9. The van der Waals surface area contributed by atoms with Gasteiger partial charge in [0.25, 0.3) is 13.8 Å². The van der Waals surface area contributed by atoms with Gasteiger partial charge in [0.2, 0.25) is 0 Å². The molecule has 1 aromatic carbocycles. The van der Waals surface area contributed by atoms with Crippen LogP contribution < -0.4 is 4.99 Å². The van der Waals surface area contributed by atoms with Crippen LogP contribution in [0.3, 0.4) is 0 Å². The van der Waals surface area contributed by atoms with Crippen LogP contribution in [0.25, 0.3) is 0 Å². The van der Waals surface area contributed by atoms with E-state index in [2.05, 4.69) is 4.99 Å². The summed E-state index contributed by atoms with van der Waals surface area (Å²) in [5.74, 6) is -0.200. The highest BCUT2D eigenvalue weighted by Crippen LogP contribution is 2.29. The monoisotopic (exact) mass is 210 g/mol. The number of rotatable bonds is 1. The van der Waals surface area contributed by atoms with Gasteiger partial charge >= 0.3 is 5.91 Å². The Hall–Kier alpha value is -1.09. The number of amides is 1. The lowest BCUT2D eigenvalue weighted by atomic mass is 10.0. The van der Waals surface area contributed by atoms with Gasteiger partial charge in [-0.05, 0) is 11.6 Å². The molecule has 0 bridgehead atoms. The highest BCUT2D eigenvalue weighted by Gasteiger charge is 2.30. The van der Waals surface area contributed by atoms with Gasteiger partial charge in [-0.25, -0.2) is 4.79 Å². The van der Waals surface area contributed by atoms with E-state index in [0.717, 1.165) is 11.1 Å². The van der Waals surface area contributed by atoms with E-state index >= 15 is 0 Å². The predicted molar refractivity (Wildman–Crippen MR) is 51.6 cm³/mol. The second-order valence-corrected chi connectivity index (χ2v) is 4.05. The molecule has 1 heterocycles. The first-order chi connectivity index (χ1) is 6.68. The van der Waals surface area contributed by atoms with Crippen molar-refractivity contribution in [2.45, 2.75) is 6.42 Å². The van der Waals surface area contributed by atoms with Gasteiger partial charge in [0.15, 0.2) is 0 Å².